The van der Waals surface area contributed by atoms with Crippen molar-refractivity contribution in [2.45, 2.75) is 25.4 Å². The van der Waals surface area contributed by atoms with Crippen molar-refractivity contribution in [2.24, 2.45) is 0 Å². The lowest BCUT2D eigenvalue weighted by atomic mass is 10.2. The van der Waals surface area contributed by atoms with Gasteiger partial charge in [-0.15, -0.1) is 5.10 Å². The first-order chi connectivity index (χ1) is 17.0. The van der Waals surface area contributed by atoms with Crippen molar-refractivity contribution in [3.05, 3.63) is 71.1 Å². The monoisotopic (exact) mass is 472 g/mol. The molecule has 0 bridgehead atoms. The number of hydrogen-bond acceptors (Lipinski definition) is 8. The van der Waals surface area contributed by atoms with Crippen LogP contribution in [-0.2, 0) is 6.54 Å². The Morgan fingerprint density at radius 2 is 1.91 bits per heavy atom. The summed E-state index contributed by atoms with van der Waals surface area (Å²) in [5, 5.41) is 25.7. The molecule has 9 nitrogen and oxygen atoms in total. The Balaban J connectivity index is 1.58. The summed E-state index contributed by atoms with van der Waals surface area (Å²) in [5.41, 5.74) is 1.07. The lowest BCUT2D eigenvalue weighted by molar-refractivity contribution is 0.414. The van der Waals surface area contributed by atoms with Crippen molar-refractivity contribution in [1.82, 2.24) is 19.6 Å². The molecule has 4 aromatic rings. The van der Waals surface area contributed by atoms with Crippen LogP contribution in [0, 0.1) is 34.3 Å². The molecule has 1 saturated carbocycles. The lowest BCUT2D eigenvalue weighted by Gasteiger charge is -2.24. The van der Waals surface area contributed by atoms with Gasteiger partial charge < -0.3 is 15.0 Å². The minimum Gasteiger partial charge on any atom is -0.497 e. The average Bonchev–Trinajstić information content (AvgIpc) is 3.63. The standard InChI is InChI=1S/C24H18F2N8O/c1-35-18-6-2-14(3-7-18)13-33(16-4-5-16)23-22-29-12-17(11-28)34(22)32-24(31-23)30-21-8-15(10-27)19(25)9-20(21)26/h2-3,6-9,12,16H,4-5,13H2,1H3,(H,30,32). The first-order valence-corrected chi connectivity index (χ1v) is 10.7. The Labute approximate surface area is 198 Å². The second kappa shape index (κ2) is 8.88. The van der Waals surface area contributed by atoms with Crippen molar-refractivity contribution < 1.29 is 13.5 Å². The minimum atomic E-state index is -0.964. The molecule has 2 aromatic heterocycles. The molecule has 1 N–H and O–H groups in total. The SMILES string of the molecule is COc1ccc(CN(c2nc(Nc3cc(C#N)c(F)cc3F)nn3c(C#N)cnc23)C2CC2)cc1. The number of nitriles is 2. The molecule has 0 aliphatic heterocycles. The van der Waals surface area contributed by atoms with Crippen molar-refractivity contribution >= 4 is 23.1 Å². The molecule has 5 rings (SSSR count). The van der Waals surface area contributed by atoms with Crippen LogP contribution in [0.3, 0.4) is 0 Å². The van der Waals surface area contributed by atoms with E-state index in [0.717, 1.165) is 30.2 Å². The van der Waals surface area contributed by atoms with E-state index in [1.807, 2.05) is 30.3 Å². The van der Waals surface area contributed by atoms with Crippen LogP contribution in [0.25, 0.3) is 5.65 Å². The molecule has 1 aliphatic rings. The molecule has 1 fully saturated rings. The van der Waals surface area contributed by atoms with E-state index in [4.69, 9.17) is 10.00 Å². The third-order valence-electron chi connectivity index (χ3n) is 5.65. The number of ether oxygens (including phenoxy) is 1. The number of rotatable bonds is 7. The Kier molecular flexibility index (Phi) is 5.59. The molecule has 2 heterocycles. The largest absolute Gasteiger partial charge is 0.497 e. The molecule has 0 atom stereocenters. The first-order valence-electron chi connectivity index (χ1n) is 10.7. The predicted octanol–water partition coefficient (Wildman–Crippen LogP) is 4.07. The molecular formula is C24H18F2N8O. The minimum absolute atomic E-state index is 0.0308. The van der Waals surface area contributed by atoms with Gasteiger partial charge in [-0.05, 0) is 36.6 Å². The van der Waals surface area contributed by atoms with Crippen LogP contribution in [0.4, 0.5) is 26.2 Å². The second-order valence-corrected chi connectivity index (χ2v) is 8.01. The summed E-state index contributed by atoms with van der Waals surface area (Å²) in [7, 11) is 1.60. The van der Waals surface area contributed by atoms with Gasteiger partial charge >= 0.3 is 0 Å². The molecule has 0 saturated heterocycles. The Morgan fingerprint density at radius 1 is 1.14 bits per heavy atom. The van der Waals surface area contributed by atoms with E-state index in [2.05, 4.69) is 25.3 Å². The van der Waals surface area contributed by atoms with E-state index in [1.54, 1.807) is 13.2 Å². The molecule has 0 spiro atoms. The maximum Gasteiger partial charge on any atom is 0.247 e. The van der Waals surface area contributed by atoms with E-state index in [-0.39, 0.29) is 28.9 Å². The highest BCUT2D eigenvalue weighted by atomic mass is 19.1. The van der Waals surface area contributed by atoms with Crippen LogP contribution >= 0.6 is 0 Å². The number of imidazole rings is 1. The highest BCUT2D eigenvalue weighted by Crippen LogP contribution is 2.35. The third-order valence-corrected chi connectivity index (χ3v) is 5.65. The van der Waals surface area contributed by atoms with Gasteiger partial charge in [-0.2, -0.15) is 20.0 Å². The Hall–Kier alpha value is -4.77. The summed E-state index contributed by atoms with van der Waals surface area (Å²) in [6, 6.07) is 13.2. The zero-order valence-electron chi connectivity index (χ0n) is 18.5. The van der Waals surface area contributed by atoms with Gasteiger partial charge in [0.15, 0.2) is 17.2 Å². The Bertz CT molecular complexity index is 1500. The summed E-state index contributed by atoms with van der Waals surface area (Å²) in [6.07, 6.45) is 3.31. The van der Waals surface area contributed by atoms with Crippen LogP contribution in [0.1, 0.15) is 29.7 Å². The number of hydrogen-bond donors (Lipinski definition) is 1. The number of anilines is 3. The maximum atomic E-state index is 14.4. The fraction of sp³-hybridized carbons (Fsp3) is 0.208. The number of benzene rings is 2. The zero-order valence-corrected chi connectivity index (χ0v) is 18.5. The predicted molar refractivity (Wildman–Crippen MR) is 122 cm³/mol. The number of aromatic nitrogens is 4. The summed E-state index contributed by atoms with van der Waals surface area (Å²) >= 11 is 0. The second-order valence-electron chi connectivity index (χ2n) is 8.01. The normalized spacial score (nSPS) is 12.7. The quantitative estimate of drug-likeness (QED) is 0.428. The van der Waals surface area contributed by atoms with Crippen molar-refractivity contribution in [3.63, 3.8) is 0 Å². The molecule has 0 radical (unpaired) electrons. The van der Waals surface area contributed by atoms with Crippen LogP contribution in [-0.4, -0.2) is 32.7 Å². The summed E-state index contributed by atoms with van der Waals surface area (Å²) in [4.78, 5) is 11.0. The number of nitrogens with zero attached hydrogens (tertiary/aromatic N) is 7. The molecule has 174 valence electrons. The summed E-state index contributed by atoms with van der Waals surface area (Å²) in [6.45, 7) is 0.513. The molecule has 0 amide bonds. The summed E-state index contributed by atoms with van der Waals surface area (Å²) in [5.74, 6) is -0.696. The van der Waals surface area contributed by atoms with Gasteiger partial charge in [0, 0.05) is 18.7 Å². The molecule has 2 aromatic carbocycles. The van der Waals surface area contributed by atoms with Gasteiger partial charge in [-0.1, -0.05) is 12.1 Å². The number of methoxy groups -OCH3 is 1. The highest BCUT2D eigenvalue weighted by Gasteiger charge is 2.33. The van der Waals surface area contributed by atoms with Gasteiger partial charge in [0.1, 0.15) is 29.5 Å². The van der Waals surface area contributed by atoms with E-state index in [1.165, 1.54) is 10.7 Å². The van der Waals surface area contributed by atoms with E-state index in [9.17, 15) is 14.0 Å². The van der Waals surface area contributed by atoms with E-state index >= 15 is 0 Å². The van der Waals surface area contributed by atoms with Gasteiger partial charge in [-0.3, -0.25) is 0 Å². The number of halogens is 2. The molecule has 35 heavy (non-hydrogen) atoms. The molecule has 11 heteroatoms. The van der Waals surface area contributed by atoms with Gasteiger partial charge in [-0.25, -0.2) is 13.8 Å². The van der Waals surface area contributed by atoms with Crippen LogP contribution in [0.5, 0.6) is 5.75 Å². The lowest BCUT2D eigenvalue weighted by Crippen LogP contribution is -2.27. The van der Waals surface area contributed by atoms with Gasteiger partial charge in [0.25, 0.3) is 0 Å². The van der Waals surface area contributed by atoms with E-state index < -0.39 is 11.6 Å². The molecule has 1 aliphatic carbocycles. The first kappa shape index (κ1) is 22.0. The van der Waals surface area contributed by atoms with Crippen LogP contribution in [0.2, 0.25) is 0 Å². The Morgan fingerprint density at radius 3 is 2.57 bits per heavy atom. The van der Waals surface area contributed by atoms with Gasteiger partial charge in [0.2, 0.25) is 5.95 Å². The van der Waals surface area contributed by atoms with Crippen molar-refractivity contribution in [3.8, 4) is 17.9 Å². The van der Waals surface area contributed by atoms with Crippen LogP contribution in [0.15, 0.2) is 42.6 Å². The highest BCUT2D eigenvalue weighted by molar-refractivity contribution is 5.69. The topological polar surface area (TPSA) is 115 Å². The molecule has 0 unspecified atom stereocenters. The van der Waals surface area contributed by atoms with Crippen LogP contribution < -0.4 is 15.0 Å². The third kappa shape index (κ3) is 4.27. The van der Waals surface area contributed by atoms with Gasteiger partial charge in [0.05, 0.1) is 24.6 Å². The summed E-state index contributed by atoms with van der Waals surface area (Å²) < 4.78 is 34.8. The fourth-order valence-electron chi connectivity index (χ4n) is 3.73. The number of nitrogens with one attached hydrogen (secondary N) is 1. The fourth-order valence-corrected chi connectivity index (χ4v) is 3.73. The van der Waals surface area contributed by atoms with E-state index in [0.29, 0.717) is 24.1 Å². The maximum absolute atomic E-state index is 14.4. The van der Waals surface area contributed by atoms with Crippen molar-refractivity contribution in [1.29, 1.82) is 10.5 Å². The average molecular weight is 472 g/mol. The zero-order chi connectivity index (χ0) is 24.5. The smallest absolute Gasteiger partial charge is 0.247 e. The number of fused-ring (bicyclic) bond motifs is 1. The molecular weight excluding hydrogens is 454 g/mol. The van der Waals surface area contributed by atoms with Crippen molar-refractivity contribution in [2.75, 3.05) is 17.3 Å².